The molecule has 332 valence electrons. The number of Topliss-reactive ketones (excluding diaryl/α,β-unsaturated/α-hetero) is 1. The fourth-order valence-electron chi connectivity index (χ4n) is 9.59. The zero-order valence-electron chi connectivity index (χ0n) is 35.7. The quantitative estimate of drug-likeness (QED) is 0.149. The number of alkyl carbamates (subject to hydrolysis) is 1. The number of ether oxygens (including phenoxy) is 6. The van der Waals surface area contributed by atoms with Gasteiger partial charge >= 0.3 is 30.0 Å². The molecule has 17 heteroatoms. The van der Waals surface area contributed by atoms with Crippen LogP contribution in [0.5, 0.6) is 0 Å². The summed E-state index contributed by atoms with van der Waals surface area (Å²) in [5, 5.41) is 41.5. The van der Waals surface area contributed by atoms with Crippen LogP contribution in [0.25, 0.3) is 0 Å². The van der Waals surface area contributed by atoms with Gasteiger partial charge in [-0.25, -0.2) is 14.4 Å². The Bertz CT molecular complexity index is 2080. The summed E-state index contributed by atoms with van der Waals surface area (Å²) in [4.78, 5) is 83.1. The molecule has 3 aliphatic carbocycles. The maximum Gasteiger partial charge on any atom is 0.407 e. The third-order valence-corrected chi connectivity index (χ3v) is 13.7. The van der Waals surface area contributed by atoms with Gasteiger partial charge in [-0.2, -0.15) is 0 Å². The highest BCUT2D eigenvalue weighted by atomic mass is 32.1. The van der Waals surface area contributed by atoms with E-state index in [0.29, 0.717) is 4.88 Å². The molecule has 6 rings (SSSR count). The van der Waals surface area contributed by atoms with Gasteiger partial charge in [-0.15, -0.1) is 11.3 Å². The Hall–Kier alpha value is -4.68. The molecule has 1 aliphatic heterocycles. The van der Waals surface area contributed by atoms with Gasteiger partial charge in [-0.3, -0.25) is 14.4 Å². The fraction of sp³-hybridized carbons (Fsp3) is 0.591. The van der Waals surface area contributed by atoms with Crippen molar-refractivity contribution in [3.8, 4) is 0 Å². The molecular weight excluding hydrogens is 815 g/mol. The number of carbonyl (C=O) groups is 6. The van der Waals surface area contributed by atoms with Crippen molar-refractivity contribution in [2.45, 2.75) is 129 Å². The number of ketones is 1. The molecule has 0 spiro atoms. The molecule has 16 nitrogen and oxygen atoms in total. The van der Waals surface area contributed by atoms with E-state index in [1.165, 1.54) is 26.0 Å². The number of hydrogen-bond acceptors (Lipinski definition) is 16. The minimum Gasteiger partial charge on any atom is -0.456 e. The maximum absolute atomic E-state index is 15.4. The highest BCUT2D eigenvalue weighted by Gasteiger charge is 2.78. The number of aliphatic hydroxyl groups is 3. The molecule has 2 bridgehead atoms. The first-order valence-corrected chi connectivity index (χ1v) is 21.0. The van der Waals surface area contributed by atoms with Gasteiger partial charge in [0.15, 0.2) is 23.6 Å². The summed E-state index contributed by atoms with van der Waals surface area (Å²) in [7, 11) is 0. The summed E-state index contributed by atoms with van der Waals surface area (Å²) in [5.74, 6) is -6.26. The number of aliphatic hydroxyl groups excluding tert-OH is 2. The number of benzene rings is 1. The van der Waals surface area contributed by atoms with Crippen LogP contribution in [-0.4, -0.2) is 112 Å². The zero-order valence-corrected chi connectivity index (χ0v) is 36.5. The molecule has 1 amide bonds. The van der Waals surface area contributed by atoms with Crippen molar-refractivity contribution >= 4 is 47.1 Å². The molecule has 61 heavy (non-hydrogen) atoms. The largest absolute Gasteiger partial charge is 0.456 e. The van der Waals surface area contributed by atoms with Crippen molar-refractivity contribution in [1.82, 2.24) is 5.32 Å². The molecule has 0 radical (unpaired) electrons. The van der Waals surface area contributed by atoms with Crippen molar-refractivity contribution in [1.29, 1.82) is 0 Å². The summed E-state index contributed by atoms with van der Waals surface area (Å²) in [5.41, 5.74) is -8.03. The van der Waals surface area contributed by atoms with Crippen molar-refractivity contribution in [3.05, 3.63) is 69.4 Å². The molecule has 1 unspecified atom stereocenters. The highest BCUT2D eigenvalue weighted by molar-refractivity contribution is 7.10. The van der Waals surface area contributed by atoms with Crippen molar-refractivity contribution < 1.29 is 72.5 Å². The fourth-order valence-corrected chi connectivity index (χ4v) is 10.4. The van der Waals surface area contributed by atoms with Crippen molar-refractivity contribution in [2.75, 3.05) is 13.2 Å². The summed E-state index contributed by atoms with van der Waals surface area (Å²) in [6.07, 6.45) is -11.4. The average Bonchev–Trinajstić information content (AvgIpc) is 3.72. The predicted octanol–water partition coefficient (Wildman–Crippen LogP) is 4.14. The molecule has 2 heterocycles. The van der Waals surface area contributed by atoms with E-state index in [4.69, 9.17) is 28.4 Å². The Morgan fingerprint density at radius 2 is 1.66 bits per heavy atom. The first-order chi connectivity index (χ1) is 28.4. The van der Waals surface area contributed by atoms with Crippen molar-refractivity contribution in [2.24, 2.45) is 22.2 Å². The molecule has 3 fully saturated rings. The van der Waals surface area contributed by atoms with Crippen molar-refractivity contribution in [3.63, 3.8) is 0 Å². The lowest BCUT2D eigenvalue weighted by molar-refractivity contribution is -0.346. The van der Waals surface area contributed by atoms with Crippen LogP contribution in [0.3, 0.4) is 0 Å². The van der Waals surface area contributed by atoms with Crippen LogP contribution in [0, 0.1) is 22.2 Å². The van der Waals surface area contributed by atoms with Crippen LogP contribution >= 0.6 is 11.3 Å². The second-order valence-electron chi connectivity index (χ2n) is 18.4. The minimum absolute atomic E-state index is 0.00594. The number of carbonyl (C=O) groups excluding carboxylic acids is 6. The van der Waals surface area contributed by atoms with Crippen LogP contribution < -0.4 is 5.32 Å². The first kappa shape index (κ1) is 45.8. The van der Waals surface area contributed by atoms with Gasteiger partial charge in [0, 0.05) is 37.0 Å². The van der Waals surface area contributed by atoms with Crippen LogP contribution in [0.2, 0.25) is 0 Å². The second kappa shape index (κ2) is 16.5. The van der Waals surface area contributed by atoms with Gasteiger partial charge in [0.2, 0.25) is 0 Å². The Morgan fingerprint density at radius 3 is 2.21 bits per heavy atom. The zero-order chi connectivity index (χ0) is 45.0. The van der Waals surface area contributed by atoms with E-state index < -0.39 is 113 Å². The van der Waals surface area contributed by atoms with Gasteiger partial charge in [-0.1, -0.05) is 58.9 Å². The number of thiophene rings is 1. The van der Waals surface area contributed by atoms with Gasteiger partial charge in [0.1, 0.15) is 30.0 Å². The third kappa shape index (κ3) is 8.10. The first-order valence-electron chi connectivity index (χ1n) is 20.1. The summed E-state index contributed by atoms with van der Waals surface area (Å²) in [6, 6.07) is 9.74. The van der Waals surface area contributed by atoms with Gasteiger partial charge in [0.25, 0.3) is 0 Å². The van der Waals surface area contributed by atoms with Gasteiger partial charge in [0.05, 0.1) is 36.2 Å². The molecule has 4 N–H and O–H groups in total. The predicted molar refractivity (Wildman–Crippen MR) is 216 cm³/mol. The van der Waals surface area contributed by atoms with Crippen LogP contribution in [0.1, 0.15) is 96.4 Å². The molecule has 2 saturated carbocycles. The van der Waals surface area contributed by atoms with Crippen LogP contribution in [0.15, 0.2) is 59.0 Å². The molecule has 4 aliphatic rings. The number of hydrogen-bond donors (Lipinski definition) is 4. The summed E-state index contributed by atoms with van der Waals surface area (Å²) < 4.78 is 35.5. The lowest BCUT2D eigenvalue weighted by Gasteiger charge is -2.67. The number of rotatable bonds is 10. The number of esters is 4. The van der Waals surface area contributed by atoms with E-state index in [-0.39, 0.29) is 41.8 Å². The van der Waals surface area contributed by atoms with E-state index in [2.05, 4.69) is 5.32 Å². The Kier molecular flexibility index (Phi) is 12.4. The summed E-state index contributed by atoms with van der Waals surface area (Å²) >= 11 is 1.15. The van der Waals surface area contributed by atoms with E-state index in [1.54, 1.807) is 49.6 Å². The molecule has 2 aromatic rings. The molecular formula is C44H55NO15S. The Morgan fingerprint density at radius 1 is 0.984 bits per heavy atom. The highest BCUT2D eigenvalue weighted by Crippen LogP contribution is 2.64. The normalized spacial score (nSPS) is 32.6. The van der Waals surface area contributed by atoms with E-state index in [9.17, 15) is 39.3 Å². The molecule has 1 saturated heterocycles. The SMILES string of the molecule is CC(=O)O[C@H]1C(=O)[C@@]2(C)[C@H]([C@H](OC(=O)c3ccccc3)[C@]3(O)C[C@H](OC(=O)[C@H](O)C(NC(=O)OCC(C)(C)C)c4cccs4)C(C)=C1C3(C)C)[C@]1(OC(C)=O)CO[C@@H]1C[C@@H]2O. The second-order valence-corrected chi connectivity index (χ2v) is 19.4. The number of amides is 1. The third-order valence-electron chi connectivity index (χ3n) is 12.8. The van der Waals surface area contributed by atoms with E-state index in [0.717, 1.165) is 25.2 Å². The standard InChI is InChI=1S/C44H55NO15S/c1-22-26(58-38(52)32(49)31(27-16-13-17-61-27)45-39(53)56-20-40(4,5)6)19-44(54)36(59-37(51)25-14-11-10-12-15-25)34-42(9,28(48)18-29-43(34,21-55-29)60-24(3)47)35(50)33(57-23(2)46)30(22)41(44,7)8/h10-17,26,28-29,31-34,36,48-49,54H,18-21H2,1-9H3,(H,45,53)/t26-,28-,29+,31?,32+,33+,34-,36-,42+,43-,44+/m0/s1. The van der Waals surface area contributed by atoms with Crippen LogP contribution in [-0.2, 0) is 47.6 Å². The van der Waals surface area contributed by atoms with E-state index >= 15 is 4.79 Å². The summed E-state index contributed by atoms with van der Waals surface area (Å²) in [6.45, 7) is 13.6. The minimum atomic E-state index is -2.39. The molecule has 1 aromatic carbocycles. The maximum atomic E-state index is 15.4. The van der Waals surface area contributed by atoms with Gasteiger partial charge < -0.3 is 49.1 Å². The number of fused-ring (bicyclic) bond motifs is 5. The smallest absolute Gasteiger partial charge is 0.407 e. The van der Waals surface area contributed by atoms with Crippen LogP contribution in [0.4, 0.5) is 4.79 Å². The topological polar surface area (TPSA) is 231 Å². The molecule has 1 aromatic heterocycles. The number of nitrogens with one attached hydrogen (secondary N) is 1. The molecule has 11 atom stereocenters. The Balaban J connectivity index is 1.51. The Labute approximate surface area is 357 Å². The van der Waals surface area contributed by atoms with E-state index in [1.807, 2.05) is 20.8 Å². The lowest BCUT2D eigenvalue weighted by atomic mass is 9.44. The average molecular weight is 870 g/mol. The lowest BCUT2D eigenvalue weighted by Crippen LogP contribution is -2.82. The monoisotopic (exact) mass is 869 g/mol. The van der Waals surface area contributed by atoms with Gasteiger partial charge in [-0.05, 0) is 54.0 Å².